The number of hydrogen-bond acceptors (Lipinski definition) is 4. The van der Waals surface area contributed by atoms with Gasteiger partial charge in [-0.25, -0.2) is 0 Å². The van der Waals surface area contributed by atoms with Gasteiger partial charge in [0.05, 0.1) is 5.71 Å². The van der Waals surface area contributed by atoms with Gasteiger partial charge in [-0.2, -0.15) is 0 Å². The highest BCUT2D eigenvalue weighted by molar-refractivity contribution is 6.06. The Labute approximate surface area is 84.7 Å². The second-order valence-electron chi connectivity index (χ2n) is 2.96. The van der Waals surface area contributed by atoms with Crippen molar-refractivity contribution < 1.29 is 4.74 Å². The van der Waals surface area contributed by atoms with Crippen LogP contribution in [0.25, 0.3) is 0 Å². The predicted molar refractivity (Wildman–Crippen MR) is 58.4 cm³/mol. The lowest BCUT2D eigenvalue weighted by Crippen LogP contribution is -2.34. The Morgan fingerprint density at radius 1 is 1.21 bits per heavy atom. The van der Waals surface area contributed by atoms with Gasteiger partial charge >= 0.3 is 0 Å². The molecule has 0 bridgehead atoms. The third-order valence-corrected chi connectivity index (χ3v) is 2.24. The maximum atomic E-state index is 5.37. The first kappa shape index (κ1) is 10.8. The molecule has 0 aliphatic heterocycles. The van der Waals surface area contributed by atoms with Crippen molar-refractivity contribution in [1.29, 1.82) is 0 Å². The highest BCUT2D eigenvalue weighted by Gasteiger charge is 2.21. The maximum absolute atomic E-state index is 5.37. The van der Waals surface area contributed by atoms with Crippen LogP contribution in [0.5, 0.6) is 0 Å². The van der Waals surface area contributed by atoms with Gasteiger partial charge in [0, 0.05) is 39.6 Å². The van der Waals surface area contributed by atoms with Crippen LogP contribution in [0, 0.1) is 0 Å². The SMILES string of the molecule is CN=C1C=C(NC)C(OC)C(NC)=C1. The molecule has 0 aromatic heterocycles. The number of ether oxygens (including phenoxy) is 1. The Morgan fingerprint density at radius 2 is 1.71 bits per heavy atom. The number of nitrogens with one attached hydrogen (secondary N) is 2. The van der Waals surface area contributed by atoms with Crippen molar-refractivity contribution >= 4 is 5.71 Å². The zero-order valence-electron chi connectivity index (χ0n) is 9.09. The molecule has 0 spiro atoms. The fourth-order valence-electron chi connectivity index (χ4n) is 1.47. The summed E-state index contributed by atoms with van der Waals surface area (Å²) in [6, 6.07) is 0. The fraction of sp³-hybridized carbons (Fsp3) is 0.500. The van der Waals surface area contributed by atoms with Crippen LogP contribution < -0.4 is 10.6 Å². The summed E-state index contributed by atoms with van der Waals surface area (Å²) in [5, 5.41) is 6.22. The summed E-state index contributed by atoms with van der Waals surface area (Å²) in [6.45, 7) is 0. The van der Waals surface area contributed by atoms with E-state index in [1.54, 1.807) is 14.2 Å². The van der Waals surface area contributed by atoms with Crippen LogP contribution in [0.2, 0.25) is 0 Å². The van der Waals surface area contributed by atoms with Crippen molar-refractivity contribution in [3.8, 4) is 0 Å². The second-order valence-corrected chi connectivity index (χ2v) is 2.96. The van der Waals surface area contributed by atoms with E-state index in [-0.39, 0.29) is 6.10 Å². The Morgan fingerprint density at radius 3 is 2.00 bits per heavy atom. The van der Waals surface area contributed by atoms with Gasteiger partial charge in [0.15, 0.2) is 0 Å². The van der Waals surface area contributed by atoms with Crippen LogP contribution in [0.15, 0.2) is 28.5 Å². The van der Waals surface area contributed by atoms with E-state index in [0.29, 0.717) is 0 Å². The van der Waals surface area contributed by atoms with E-state index >= 15 is 0 Å². The minimum atomic E-state index is -0.0458. The van der Waals surface area contributed by atoms with E-state index in [0.717, 1.165) is 17.1 Å². The van der Waals surface area contributed by atoms with Crippen LogP contribution in [0.3, 0.4) is 0 Å². The lowest BCUT2D eigenvalue weighted by molar-refractivity contribution is 0.149. The van der Waals surface area contributed by atoms with E-state index in [4.69, 9.17) is 4.74 Å². The number of hydrogen-bond donors (Lipinski definition) is 2. The normalized spacial score (nSPS) is 21.1. The molecule has 4 nitrogen and oxygen atoms in total. The molecule has 0 aromatic rings. The molecule has 0 saturated carbocycles. The van der Waals surface area contributed by atoms with Crippen molar-refractivity contribution in [3.63, 3.8) is 0 Å². The smallest absolute Gasteiger partial charge is 0.136 e. The summed E-state index contributed by atoms with van der Waals surface area (Å²) in [7, 11) is 7.22. The standard InChI is InChI=1S/C10H17N3O/c1-11-7-5-8(12-2)10(14-4)9(6-7)13-3/h5-6,10,12-13H,1-4H3. The lowest BCUT2D eigenvalue weighted by atomic mass is 10.0. The van der Waals surface area contributed by atoms with E-state index < -0.39 is 0 Å². The van der Waals surface area contributed by atoms with E-state index in [1.165, 1.54) is 0 Å². The molecule has 1 aliphatic rings. The molecule has 0 fully saturated rings. The summed E-state index contributed by atoms with van der Waals surface area (Å²) in [4.78, 5) is 4.14. The number of rotatable bonds is 3. The Bertz CT molecular complexity index is 268. The summed E-state index contributed by atoms with van der Waals surface area (Å²) < 4.78 is 5.37. The second kappa shape index (κ2) is 4.81. The molecule has 4 heteroatoms. The largest absolute Gasteiger partial charge is 0.389 e. The molecule has 0 unspecified atom stereocenters. The van der Waals surface area contributed by atoms with Crippen LogP contribution in [0.1, 0.15) is 0 Å². The van der Waals surface area contributed by atoms with Crippen LogP contribution in [0.4, 0.5) is 0 Å². The molecule has 0 saturated heterocycles. The highest BCUT2D eigenvalue weighted by Crippen LogP contribution is 2.16. The molecule has 0 amide bonds. The third-order valence-electron chi connectivity index (χ3n) is 2.24. The summed E-state index contributed by atoms with van der Waals surface area (Å²) in [5.41, 5.74) is 2.96. The molecule has 0 atom stereocenters. The van der Waals surface area contributed by atoms with Crippen LogP contribution in [-0.2, 0) is 4.74 Å². The van der Waals surface area contributed by atoms with Crippen molar-refractivity contribution in [3.05, 3.63) is 23.5 Å². The average Bonchev–Trinajstić information content (AvgIpc) is 2.26. The van der Waals surface area contributed by atoms with Crippen molar-refractivity contribution in [2.45, 2.75) is 6.10 Å². The molecule has 0 radical (unpaired) electrons. The van der Waals surface area contributed by atoms with Crippen molar-refractivity contribution in [1.82, 2.24) is 10.6 Å². The quantitative estimate of drug-likeness (QED) is 0.680. The first-order chi connectivity index (χ1) is 6.76. The molecular weight excluding hydrogens is 178 g/mol. The number of aliphatic imine (C=N–C) groups is 1. The maximum Gasteiger partial charge on any atom is 0.136 e. The van der Waals surface area contributed by atoms with Gasteiger partial charge in [-0.15, -0.1) is 0 Å². The number of nitrogens with zero attached hydrogens (tertiary/aromatic N) is 1. The first-order valence-electron chi connectivity index (χ1n) is 4.55. The molecule has 14 heavy (non-hydrogen) atoms. The molecule has 2 N–H and O–H groups in total. The molecule has 0 aromatic carbocycles. The summed E-state index contributed by atoms with van der Waals surface area (Å²) >= 11 is 0. The zero-order valence-corrected chi connectivity index (χ0v) is 9.09. The molecule has 78 valence electrons. The number of likely N-dealkylation sites (N-methyl/N-ethyl adjacent to an activating group) is 2. The zero-order chi connectivity index (χ0) is 10.6. The van der Waals surface area contributed by atoms with E-state index in [9.17, 15) is 0 Å². The van der Waals surface area contributed by atoms with E-state index in [1.807, 2.05) is 26.2 Å². The van der Waals surface area contributed by atoms with Crippen molar-refractivity contribution in [2.75, 3.05) is 28.3 Å². The summed E-state index contributed by atoms with van der Waals surface area (Å²) in [6.07, 6.45) is 3.92. The molecule has 1 rings (SSSR count). The lowest BCUT2D eigenvalue weighted by Gasteiger charge is -2.25. The fourth-order valence-corrected chi connectivity index (χ4v) is 1.47. The average molecular weight is 195 g/mol. The van der Waals surface area contributed by atoms with Gasteiger partial charge in [0.2, 0.25) is 0 Å². The topological polar surface area (TPSA) is 45.7 Å². The Balaban J connectivity index is 3.01. The van der Waals surface area contributed by atoms with Gasteiger partial charge in [-0.3, -0.25) is 4.99 Å². The van der Waals surface area contributed by atoms with Gasteiger partial charge < -0.3 is 15.4 Å². The Hall–Kier alpha value is -1.29. The van der Waals surface area contributed by atoms with Gasteiger partial charge in [-0.05, 0) is 12.2 Å². The third kappa shape index (κ3) is 1.96. The van der Waals surface area contributed by atoms with Crippen LogP contribution in [-0.4, -0.2) is 40.1 Å². The predicted octanol–water partition coefficient (Wildman–Crippen LogP) is 0.292. The minimum absolute atomic E-state index is 0.0458. The summed E-state index contributed by atoms with van der Waals surface area (Å²) in [5.74, 6) is 0. The number of methoxy groups -OCH3 is 1. The van der Waals surface area contributed by atoms with Crippen LogP contribution >= 0.6 is 0 Å². The highest BCUT2D eigenvalue weighted by atomic mass is 16.5. The molecule has 1 aliphatic carbocycles. The Kier molecular flexibility index (Phi) is 3.71. The monoisotopic (exact) mass is 195 g/mol. The van der Waals surface area contributed by atoms with Gasteiger partial charge in [-0.1, -0.05) is 0 Å². The van der Waals surface area contributed by atoms with Gasteiger partial charge in [0.1, 0.15) is 6.10 Å². The van der Waals surface area contributed by atoms with E-state index in [2.05, 4.69) is 15.6 Å². The molecular formula is C10H17N3O. The van der Waals surface area contributed by atoms with Crippen molar-refractivity contribution in [2.24, 2.45) is 4.99 Å². The van der Waals surface area contributed by atoms with Gasteiger partial charge in [0.25, 0.3) is 0 Å². The first-order valence-corrected chi connectivity index (χ1v) is 4.55. The molecule has 0 heterocycles. The minimum Gasteiger partial charge on any atom is -0.389 e. The number of allylic oxidation sites excluding steroid dienone is 2.